The third-order valence-corrected chi connectivity index (χ3v) is 1.81. The van der Waals surface area contributed by atoms with Crippen LogP contribution in [0.15, 0.2) is 24.0 Å². The Labute approximate surface area is 72.3 Å². The molecule has 1 aliphatic carbocycles. The van der Waals surface area contributed by atoms with Crippen molar-refractivity contribution in [2.75, 3.05) is 0 Å². The fourth-order valence-corrected chi connectivity index (χ4v) is 1.03. The molecule has 0 saturated carbocycles. The molecule has 0 aromatic heterocycles. The maximum absolute atomic E-state index is 10.5. The molecule has 13 heavy (non-hydrogen) atoms. The van der Waals surface area contributed by atoms with Gasteiger partial charge in [0.15, 0.2) is 0 Å². The summed E-state index contributed by atoms with van der Waals surface area (Å²) >= 11 is 0. The summed E-state index contributed by atoms with van der Waals surface area (Å²) in [6, 6.07) is 0. The number of hydrogen-bond acceptors (Lipinski definition) is 5. The molecule has 1 rings (SSSR count). The lowest BCUT2D eigenvalue weighted by atomic mass is 10.0. The summed E-state index contributed by atoms with van der Waals surface area (Å²) in [5.74, 6) is -0.843. The zero-order valence-electron chi connectivity index (χ0n) is 6.41. The Morgan fingerprint density at radius 2 is 1.92 bits per heavy atom. The number of nitro groups is 2. The number of rotatable bonds is 2. The van der Waals surface area contributed by atoms with Gasteiger partial charge in [-0.1, -0.05) is 12.2 Å². The second kappa shape index (κ2) is 2.85. The van der Waals surface area contributed by atoms with E-state index in [1.54, 1.807) is 0 Å². The fourth-order valence-electron chi connectivity index (χ4n) is 1.03. The molecular formula is C6H6N2O5. The Balaban J connectivity index is 3.21. The summed E-state index contributed by atoms with van der Waals surface area (Å²) in [4.78, 5) is 18.7. The molecule has 70 valence electrons. The van der Waals surface area contributed by atoms with Crippen LogP contribution in [0.3, 0.4) is 0 Å². The molecule has 0 aromatic rings. The van der Waals surface area contributed by atoms with Gasteiger partial charge in [0.25, 0.3) is 0 Å². The average Bonchev–Trinajstić information content (AvgIpc) is 2.04. The largest absolute Gasteiger partial charge is 0.517 e. The monoisotopic (exact) mass is 186 g/mol. The first-order valence-electron chi connectivity index (χ1n) is 3.37. The molecule has 0 atom stereocenters. The SMILES string of the molecule is O=[N+]([O-])C1([N+](=O)[O-])CC=CC=C1O. The third-order valence-electron chi connectivity index (χ3n) is 1.81. The van der Waals surface area contributed by atoms with Gasteiger partial charge in [-0.3, -0.25) is 20.2 Å². The predicted molar refractivity (Wildman–Crippen MR) is 41.2 cm³/mol. The van der Waals surface area contributed by atoms with Crippen LogP contribution in [0.5, 0.6) is 0 Å². The van der Waals surface area contributed by atoms with Crippen LogP contribution in [-0.4, -0.2) is 20.6 Å². The van der Waals surface area contributed by atoms with Crippen LogP contribution < -0.4 is 0 Å². The van der Waals surface area contributed by atoms with E-state index < -0.39 is 27.7 Å². The summed E-state index contributed by atoms with van der Waals surface area (Å²) in [7, 11) is 0. The minimum absolute atomic E-state index is 0.435. The number of nitrogens with zero attached hydrogens (tertiary/aromatic N) is 2. The molecule has 0 fully saturated rings. The van der Waals surface area contributed by atoms with Crippen molar-refractivity contribution >= 4 is 0 Å². The first-order chi connectivity index (χ1) is 6.01. The number of aliphatic hydroxyl groups is 1. The first-order valence-corrected chi connectivity index (χ1v) is 3.37. The normalized spacial score (nSPS) is 19.2. The zero-order valence-corrected chi connectivity index (χ0v) is 6.41. The molecule has 1 aliphatic rings. The van der Waals surface area contributed by atoms with Crippen LogP contribution in [0.25, 0.3) is 0 Å². The van der Waals surface area contributed by atoms with Crippen LogP contribution in [0.1, 0.15) is 6.42 Å². The summed E-state index contributed by atoms with van der Waals surface area (Å²) in [5, 5.41) is 30.0. The highest BCUT2D eigenvalue weighted by atomic mass is 16.7. The van der Waals surface area contributed by atoms with Crippen LogP contribution in [-0.2, 0) is 0 Å². The Morgan fingerprint density at radius 1 is 1.38 bits per heavy atom. The first kappa shape index (κ1) is 9.17. The molecule has 0 unspecified atom stereocenters. The smallest absolute Gasteiger partial charge is 0.500 e. The molecule has 0 radical (unpaired) electrons. The highest BCUT2D eigenvalue weighted by Crippen LogP contribution is 2.27. The van der Waals surface area contributed by atoms with Gasteiger partial charge in [-0.25, -0.2) is 0 Å². The quantitative estimate of drug-likeness (QED) is 0.386. The second-order valence-corrected chi connectivity index (χ2v) is 2.52. The highest BCUT2D eigenvalue weighted by Gasteiger charge is 2.60. The lowest BCUT2D eigenvalue weighted by molar-refractivity contribution is -0.787. The van der Waals surface area contributed by atoms with Crippen molar-refractivity contribution < 1.29 is 15.0 Å². The van der Waals surface area contributed by atoms with Crippen molar-refractivity contribution in [2.24, 2.45) is 0 Å². The molecule has 0 aliphatic heterocycles. The minimum Gasteiger partial charge on any atom is -0.500 e. The van der Waals surface area contributed by atoms with Crippen molar-refractivity contribution in [3.63, 3.8) is 0 Å². The summed E-state index contributed by atoms with van der Waals surface area (Å²) in [5.41, 5.74) is -2.59. The molecule has 7 nitrogen and oxygen atoms in total. The van der Waals surface area contributed by atoms with Crippen molar-refractivity contribution in [1.29, 1.82) is 0 Å². The van der Waals surface area contributed by atoms with Crippen LogP contribution in [0.4, 0.5) is 0 Å². The van der Waals surface area contributed by atoms with E-state index in [1.807, 2.05) is 0 Å². The van der Waals surface area contributed by atoms with E-state index in [2.05, 4.69) is 0 Å². The van der Waals surface area contributed by atoms with Gasteiger partial charge in [-0.05, 0) is 6.08 Å². The van der Waals surface area contributed by atoms with Crippen LogP contribution in [0.2, 0.25) is 0 Å². The molecule has 7 heteroatoms. The van der Waals surface area contributed by atoms with Gasteiger partial charge < -0.3 is 5.11 Å². The van der Waals surface area contributed by atoms with Gasteiger partial charge in [0, 0.05) is 0 Å². The third kappa shape index (κ3) is 1.13. The van der Waals surface area contributed by atoms with E-state index in [0.717, 1.165) is 6.08 Å². The maximum atomic E-state index is 10.5. The average molecular weight is 186 g/mol. The summed E-state index contributed by atoms with van der Waals surface area (Å²) < 4.78 is 0. The number of allylic oxidation sites excluding steroid dienone is 2. The lowest BCUT2D eigenvalue weighted by Crippen LogP contribution is -2.48. The van der Waals surface area contributed by atoms with Gasteiger partial charge in [-0.15, -0.1) is 0 Å². The van der Waals surface area contributed by atoms with E-state index >= 15 is 0 Å². The summed E-state index contributed by atoms with van der Waals surface area (Å²) in [6.45, 7) is 0. The molecule has 0 spiro atoms. The number of hydrogen-bond donors (Lipinski definition) is 1. The van der Waals surface area contributed by atoms with Crippen LogP contribution >= 0.6 is 0 Å². The maximum Gasteiger partial charge on any atom is 0.517 e. The number of aliphatic hydroxyl groups excluding tert-OH is 1. The zero-order chi connectivity index (χ0) is 10.1. The Hall–Kier alpha value is -1.92. The van der Waals surface area contributed by atoms with E-state index in [9.17, 15) is 20.2 Å². The molecular weight excluding hydrogens is 180 g/mol. The van der Waals surface area contributed by atoms with Gasteiger partial charge in [0.05, 0.1) is 0 Å². The van der Waals surface area contributed by atoms with Gasteiger partial charge in [0.1, 0.15) is 16.3 Å². The molecule has 0 saturated heterocycles. The molecule has 0 heterocycles. The second-order valence-electron chi connectivity index (χ2n) is 2.52. The van der Waals surface area contributed by atoms with E-state index in [0.29, 0.717) is 0 Å². The van der Waals surface area contributed by atoms with Crippen molar-refractivity contribution in [2.45, 2.75) is 12.1 Å². The Bertz CT molecular complexity index is 305. The van der Waals surface area contributed by atoms with Gasteiger partial charge >= 0.3 is 5.66 Å². The van der Waals surface area contributed by atoms with E-state index in [4.69, 9.17) is 5.11 Å². The van der Waals surface area contributed by atoms with Gasteiger partial charge in [0.2, 0.25) is 5.76 Å². The van der Waals surface area contributed by atoms with Crippen molar-refractivity contribution in [3.05, 3.63) is 44.2 Å². The fraction of sp³-hybridized carbons (Fsp3) is 0.333. The van der Waals surface area contributed by atoms with Crippen molar-refractivity contribution in [3.8, 4) is 0 Å². The van der Waals surface area contributed by atoms with E-state index in [1.165, 1.54) is 12.2 Å². The van der Waals surface area contributed by atoms with Crippen LogP contribution in [0, 0.1) is 20.2 Å². The molecule has 0 bridgehead atoms. The highest BCUT2D eigenvalue weighted by molar-refractivity contribution is 5.19. The van der Waals surface area contributed by atoms with E-state index in [-0.39, 0.29) is 0 Å². The molecule has 0 aromatic carbocycles. The topological polar surface area (TPSA) is 107 Å². The molecule has 1 N–H and O–H groups in total. The standard InChI is InChI=1S/C6H6N2O5/c9-5-3-1-2-4-6(5,7(10)11)8(12)13/h1-3,9H,4H2. The Morgan fingerprint density at radius 3 is 2.23 bits per heavy atom. The van der Waals surface area contributed by atoms with Crippen molar-refractivity contribution in [1.82, 2.24) is 0 Å². The predicted octanol–water partition coefficient (Wildman–Crippen LogP) is 0.638. The Kier molecular flexibility index (Phi) is 2.01. The lowest BCUT2D eigenvalue weighted by Gasteiger charge is -2.16. The minimum atomic E-state index is -2.59. The van der Waals surface area contributed by atoms with Gasteiger partial charge in [-0.2, -0.15) is 0 Å². The molecule has 0 amide bonds. The summed E-state index contributed by atoms with van der Waals surface area (Å²) in [6.07, 6.45) is 3.12.